The molecule has 0 spiro atoms. The molecule has 0 aliphatic heterocycles. The van der Waals surface area contributed by atoms with Crippen LogP contribution in [-0.2, 0) is 10.0 Å². The van der Waals surface area contributed by atoms with Crippen molar-refractivity contribution in [1.82, 2.24) is 14.7 Å². The lowest BCUT2D eigenvalue weighted by Crippen LogP contribution is -2.33. The van der Waals surface area contributed by atoms with Gasteiger partial charge in [0, 0.05) is 6.04 Å². The number of aromatic amines is 2. The Labute approximate surface area is 110 Å². The van der Waals surface area contributed by atoms with Gasteiger partial charge in [-0.1, -0.05) is 0 Å². The van der Waals surface area contributed by atoms with Crippen molar-refractivity contribution in [1.29, 1.82) is 0 Å². The van der Waals surface area contributed by atoms with Gasteiger partial charge in [0.05, 0.1) is 15.9 Å². The minimum absolute atomic E-state index is 0.0500. The fraction of sp³-hybridized carbons (Fsp3) is 0.417. The standard InChI is InChI=1S/C12H15N3O3S/c1-7(8-2-3-8)15-19(17,18)9-4-5-10-11(6-9)14-12(16)13-10/h4-8,15H,2-3H2,1H3,(H2,13,14,16)/t7-/m0/s1. The molecular weight excluding hydrogens is 266 g/mol. The van der Waals surface area contributed by atoms with Crippen molar-refractivity contribution < 1.29 is 8.42 Å². The molecule has 0 unspecified atom stereocenters. The summed E-state index contributed by atoms with van der Waals surface area (Å²) in [6.45, 7) is 1.88. The second kappa shape index (κ2) is 4.21. The number of fused-ring (bicyclic) bond motifs is 1. The van der Waals surface area contributed by atoms with Crippen LogP contribution in [0.4, 0.5) is 0 Å². The average Bonchev–Trinajstić information content (AvgIpc) is 3.09. The maximum atomic E-state index is 12.2. The molecule has 1 aromatic carbocycles. The van der Waals surface area contributed by atoms with E-state index in [0.29, 0.717) is 17.0 Å². The molecule has 7 heteroatoms. The van der Waals surface area contributed by atoms with Crippen LogP contribution in [-0.4, -0.2) is 24.4 Å². The van der Waals surface area contributed by atoms with Crippen molar-refractivity contribution in [3.63, 3.8) is 0 Å². The van der Waals surface area contributed by atoms with E-state index < -0.39 is 10.0 Å². The summed E-state index contributed by atoms with van der Waals surface area (Å²) in [6, 6.07) is 4.50. The largest absolute Gasteiger partial charge is 0.323 e. The number of rotatable bonds is 4. The van der Waals surface area contributed by atoms with Crippen molar-refractivity contribution in [2.75, 3.05) is 0 Å². The third-order valence-corrected chi connectivity index (χ3v) is 5.02. The zero-order valence-electron chi connectivity index (χ0n) is 10.4. The number of H-pyrrole nitrogens is 2. The van der Waals surface area contributed by atoms with E-state index in [2.05, 4.69) is 14.7 Å². The van der Waals surface area contributed by atoms with Gasteiger partial charge in [0.25, 0.3) is 0 Å². The summed E-state index contributed by atoms with van der Waals surface area (Å²) in [7, 11) is -3.53. The van der Waals surface area contributed by atoms with Crippen LogP contribution < -0.4 is 10.4 Å². The molecule has 102 valence electrons. The van der Waals surface area contributed by atoms with Gasteiger partial charge < -0.3 is 9.97 Å². The van der Waals surface area contributed by atoms with E-state index in [4.69, 9.17) is 0 Å². The Kier molecular flexibility index (Phi) is 2.75. The van der Waals surface area contributed by atoms with Gasteiger partial charge in [-0.2, -0.15) is 0 Å². The Bertz CT molecular complexity index is 771. The van der Waals surface area contributed by atoms with Crippen molar-refractivity contribution in [3.8, 4) is 0 Å². The van der Waals surface area contributed by atoms with Gasteiger partial charge in [-0.05, 0) is 43.9 Å². The Hall–Kier alpha value is -1.60. The quantitative estimate of drug-likeness (QED) is 0.778. The molecule has 1 saturated carbocycles. The number of nitrogens with one attached hydrogen (secondary N) is 3. The predicted octanol–water partition coefficient (Wildman–Crippen LogP) is 0.933. The molecule has 19 heavy (non-hydrogen) atoms. The van der Waals surface area contributed by atoms with Crippen LogP contribution in [0.3, 0.4) is 0 Å². The Morgan fingerprint density at radius 2 is 1.95 bits per heavy atom. The highest BCUT2D eigenvalue weighted by Gasteiger charge is 2.31. The Balaban J connectivity index is 1.95. The van der Waals surface area contributed by atoms with Gasteiger partial charge >= 0.3 is 5.69 Å². The molecule has 1 atom stereocenters. The summed E-state index contributed by atoms with van der Waals surface area (Å²) in [6.07, 6.45) is 2.15. The number of hydrogen-bond acceptors (Lipinski definition) is 3. The highest BCUT2D eigenvalue weighted by atomic mass is 32.2. The zero-order chi connectivity index (χ0) is 13.6. The molecule has 1 aliphatic rings. The number of benzene rings is 1. The molecule has 1 heterocycles. The molecule has 6 nitrogen and oxygen atoms in total. The normalized spacial score (nSPS) is 17.7. The molecule has 3 rings (SSSR count). The van der Waals surface area contributed by atoms with E-state index in [1.165, 1.54) is 12.1 Å². The summed E-state index contributed by atoms with van der Waals surface area (Å²) in [4.78, 5) is 16.5. The average molecular weight is 281 g/mol. The van der Waals surface area contributed by atoms with Crippen molar-refractivity contribution in [3.05, 3.63) is 28.7 Å². The molecule has 0 bridgehead atoms. The van der Waals surface area contributed by atoms with Crippen LogP contribution in [0.15, 0.2) is 27.9 Å². The van der Waals surface area contributed by atoms with Crippen LogP contribution >= 0.6 is 0 Å². The van der Waals surface area contributed by atoms with E-state index in [9.17, 15) is 13.2 Å². The van der Waals surface area contributed by atoms with Crippen LogP contribution in [0, 0.1) is 5.92 Å². The Morgan fingerprint density at radius 1 is 1.26 bits per heavy atom. The number of aromatic nitrogens is 2. The monoisotopic (exact) mass is 281 g/mol. The molecule has 0 amide bonds. The summed E-state index contributed by atoms with van der Waals surface area (Å²) in [5, 5.41) is 0. The number of hydrogen-bond donors (Lipinski definition) is 3. The van der Waals surface area contributed by atoms with Crippen LogP contribution in [0.2, 0.25) is 0 Å². The first kappa shape index (κ1) is 12.4. The topological polar surface area (TPSA) is 94.8 Å². The minimum Gasteiger partial charge on any atom is -0.306 e. The lowest BCUT2D eigenvalue weighted by Gasteiger charge is -2.13. The zero-order valence-corrected chi connectivity index (χ0v) is 11.3. The van der Waals surface area contributed by atoms with E-state index >= 15 is 0 Å². The van der Waals surface area contributed by atoms with E-state index in [1.807, 2.05) is 6.92 Å². The fourth-order valence-electron chi connectivity index (χ4n) is 2.18. The third-order valence-electron chi connectivity index (χ3n) is 3.47. The molecule has 1 aliphatic carbocycles. The van der Waals surface area contributed by atoms with E-state index in [-0.39, 0.29) is 16.6 Å². The van der Waals surface area contributed by atoms with Gasteiger partial charge in [-0.25, -0.2) is 17.9 Å². The maximum Gasteiger partial charge on any atom is 0.323 e. The minimum atomic E-state index is -3.53. The first-order chi connectivity index (χ1) is 8.95. The molecule has 2 aromatic rings. The Morgan fingerprint density at radius 3 is 2.63 bits per heavy atom. The number of imidazole rings is 1. The van der Waals surface area contributed by atoms with Crippen molar-refractivity contribution >= 4 is 21.1 Å². The molecule has 1 fully saturated rings. The second-order valence-electron chi connectivity index (χ2n) is 5.03. The first-order valence-corrected chi connectivity index (χ1v) is 7.68. The predicted molar refractivity (Wildman–Crippen MR) is 71.4 cm³/mol. The first-order valence-electron chi connectivity index (χ1n) is 6.20. The molecule has 0 saturated heterocycles. The maximum absolute atomic E-state index is 12.2. The summed E-state index contributed by atoms with van der Waals surface area (Å²) in [5.41, 5.74) is 0.745. The lowest BCUT2D eigenvalue weighted by atomic mass is 10.2. The van der Waals surface area contributed by atoms with Crippen LogP contribution in [0.25, 0.3) is 11.0 Å². The van der Waals surface area contributed by atoms with E-state index in [1.54, 1.807) is 6.07 Å². The summed E-state index contributed by atoms with van der Waals surface area (Å²) >= 11 is 0. The molecule has 1 aromatic heterocycles. The van der Waals surface area contributed by atoms with Gasteiger partial charge in [-0.3, -0.25) is 0 Å². The van der Waals surface area contributed by atoms with Gasteiger partial charge in [0.1, 0.15) is 0 Å². The third kappa shape index (κ3) is 2.43. The fourth-order valence-corrected chi connectivity index (χ4v) is 3.52. The van der Waals surface area contributed by atoms with E-state index in [0.717, 1.165) is 12.8 Å². The van der Waals surface area contributed by atoms with Crippen molar-refractivity contribution in [2.24, 2.45) is 5.92 Å². The van der Waals surface area contributed by atoms with Crippen LogP contribution in [0.1, 0.15) is 19.8 Å². The van der Waals surface area contributed by atoms with Gasteiger partial charge in [0.15, 0.2) is 0 Å². The highest BCUT2D eigenvalue weighted by molar-refractivity contribution is 7.89. The molecule has 3 N–H and O–H groups in total. The smallest absolute Gasteiger partial charge is 0.306 e. The lowest BCUT2D eigenvalue weighted by molar-refractivity contribution is 0.538. The van der Waals surface area contributed by atoms with Gasteiger partial charge in [0.2, 0.25) is 10.0 Å². The SMILES string of the molecule is C[C@H](NS(=O)(=O)c1ccc2[nH]c(=O)[nH]c2c1)C1CC1. The molecule has 0 radical (unpaired) electrons. The number of sulfonamides is 1. The summed E-state index contributed by atoms with van der Waals surface area (Å²) < 4.78 is 27.1. The highest BCUT2D eigenvalue weighted by Crippen LogP contribution is 2.33. The summed E-state index contributed by atoms with van der Waals surface area (Å²) in [5.74, 6) is 0.450. The second-order valence-corrected chi connectivity index (χ2v) is 6.75. The van der Waals surface area contributed by atoms with Crippen LogP contribution in [0.5, 0.6) is 0 Å². The van der Waals surface area contributed by atoms with Crippen molar-refractivity contribution in [2.45, 2.75) is 30.7 Å². The molecular formula is C12H15N3O3S. The van der Waals surface area contributed by atoms with Gasteiger partial charge in [-0.15, -0.1) is 0 Å².